The average molecular weight is 310 g/mol. The molecule has 120 valence electrons. The van der Waals surface area contributed by atoms with Gasteiger partial charge >= 0.3 is 0 Å². The Bertz CT molecular complexity index is 732. The Labute approximate surface area is 136 Å². The van der Waals surface area contributed by atoms with Gasteiger partial charge in [0.15, 0.2) is 0 Å². The molecule has 0 radical (unpaired) electrons. The van der Waals surface area contributed by atoms with Crippen LogP contribution in [0.2, 0.25) is 0 Å². The van der Waals surface area contributed by atoms with E-state index in [0.717, 1.165) is 25.2 Å². The lowest BCUT2D eigenvalue weighted by atomic mass is 10.2. The summed E-state index contributed by atoms with van der Waals surface area (Å²) < 4.78 is 1.70. The van der Waals surface area contributed by atoms with E-state index in [1.807, 2.05) is 13.1 Å². The van der Waals surface area contributed by atoms with E-state index in [1.54, 1.807) is 4.68 Å². The van der Waals surface area contributed by atoms with Crippen LogP contribution in [0.1, 0.15) is 40.5 Å². The third kappa shape index (κ3) is 2.83. The zero-order valence-electron chi connectivity index (χ0n) is 13.5. The van der Waals surface area contributed by atoms with Crippen molar-refractivity contribution in [3.8, 4) is 0 Å². The predicted octanol–water partition coefficient (Wildman–Crippen LogP) is 2.09. The van der Waals surface area contributed by atoms with Crippen molar-refractivity contribution in [1.29, 1.82) is 0 Å². The minimum Gasteiger partial charge on any atom is -0.369 e. The number of rotatable bonds is 5. The molecule has 1 aliphatic carbocycles. The third-order valence-corrected chi connectivity index (χ3v) is 4.78. The van der Waals surface area contributed by atoms with E-state index in [-0.39, 0.29) is 5.91 Å². The van der Waals surface area contributed by atoms with Crippen LogP contribution in [0.5, 0.6) is 0 Å². The fourth-order valence-corrected chi connectivity index (χ4v) is 3.31. The quantitative estimate of drug-likeness (QED) is 0.920. The summed E-state index contributed by atoms with van der Waals surface area (Å²) in [5.74, 6) is 0.545. The molecular weight excluding hydrogens is 288 g/mol. The van der Waals surface area contributed by atoms with Gasteiger partial charge in [-0.2, -0.15) is 5.10 Å². The molecule has 1 aromatic carbocycles. The Balaban J connectivity index is 1.34. The van der Waals surface area contributed by atoms with Crippen LogP contribution in [-0.2, 0) is 13.5 Å². The molecule has 1 fully saturated rings. The minimum absolute atomic E-state index is 0.0283. The number of carbonyl (C=O) groups is 1. The summed E-state index contributed by atoms with van der Waals surface area (Å²) in [6.45, 7) is 2.53. The van der Waals surface area contributed by atoms with Crippen molar-refractivity contribution in [2.24, 2.45) is 7.05 Å². The molecule has 1 N–H and O–H groups in total. The fraction of sp³-hybridized carbons (Fsp3) is 0.444. The highest BCUT2D eigenvalue weighted by molar-refractivity contribution is 5.92. The predicted molar refractivity (Wildman–Crippen MR) is 89.9 cm³/mol. The topological polar surface area (TPSA) is 50.2 Å². The number of benzene rings is 1. The summed E-state index contributed by atoms with van der Waals surface area (Å²) in [6.07, 6.45) is 3.50. The van der Waals surface area contributed by atoms with Crippen LogP contribution in [0.25, 0.3) is 0 Å². The molecule has 1 aliphatic heterocycles. The Morgan fingerprint density at radius 2 is 2.17 bits per heavy atom. The molecule has 2 aliphatic rings. The number of amides is 1. The second kappa shape index (κ2) is 5.72. The SMILES string of the molecule is Cn1nc(C2CC2)cc1C(=O)NCCN1CCc2ccccc21. The Morgan fingerprint density at radius 3 is 3.00 bits per heavy atom. The van der Waals surface area contributed by atoms with Crippen LogP contribution in [-0.4, -0.2) is 35.3 Å². The van der Waals surface area contributed by atoms with Crippen LogP contribution in [0.15, 0.2) is 30.3 Å². The monoisotopic (exact) mass is 310 g/mol. The molecule has 2 aromatic rings. The number of anilines is 1. The number of aryl methyl sites for hydroxylation is 1. The molecule has 5 nitrogen and oxygen atoms in total. The summed E-state index contributed by atoms with van der Waals surface area (Å²) in [4.78, 5) is 14.7. The van der Waals surface area contributed by atoms with Gasteiger partial charge in [-0.15, -0.1) is 0 Å². The van der Waals surface area contributed by atoms with Crippen molar-refractivity contribution in [3.05, 3.63) is 47.3 Å². The van der Waals surface area contributed by atoms with Crippen LogP contribution in [0, 0.1) is 0 Å². The first-order chi connectivity index (χ1) is 11.2. The van der Waals surface area contributed by atoms with Crippen LogP contribution < -0.4 is 10.2 Å². The number of fused-ring (bicyclic) bond motifs is 1. The number of hydrogen-bond acceptors (Lipinski definition) is 3. The molecule has 23 heavy (non-hydrogen) atoms. The van der Waals surface area contributed by atoms with Crippen molar-refractivity contribution >= 4 is 11.6 Å². The number of para-hydroxylation sites is 1. The second-order valence-electron chi connectivity index (χ2n) is 6.47. The lowest BCUT2D eigenvalue weighted by molar-refractivity contribution is 0.0945. The minimum atomic E-state index is -0.0283. The smallest absolute Gasteiger partial charge is 0.269 e. The summed E-state index contributed by atoms with van der Waals surface area (Å²) in [7, 11) is 1.84. The summed E-state index contributed by atoms with van der Waals surface area (Å²) in [5.41, 5.74) is 4.43. The molecule has 0 unspecified atom stereocenters. The van der Waals surface area contributed by atoms with Gasteiger partial charge in [0.2, 0.25) is 0 Å². The molecule has 1 aromatic heterocycles. The van der Waals surface area contributed by atoms with E-state index in [1.165, 1.54) is 24.1 Å². The van der Waals surface area contributed by atoms with E-state index in [9.17, 15) is 4.79 Å². The number of hydrogen-bond donors (Lipinski definition) is 1. The van der Waals surface area contributed by atoms with Gasteiger partial charge in [0, 0.05) is 38.3 Å². The summed E-state index contributed by atoms with van der Waals surface area (Å²) in [6, 6.07) is 10.4. The molecule has 5 heteroatoms. The molecule has 0 bridgehead atoms. The molecule has 1 amide bonds. The van der Waals surface area contributed by atoms with Gasteiger partial charge < -0.3 is 10.2 Å². The highest BCUT2D eigenvalue weighted by atomic mass is 16.2. The molecule has 2 heterocycles. The maximum absolute atomic E-state index is 12.4. The van der Waals surface area contributed by atoms with Crippen LogP contribution in [0.3, 0.4) is 0 Å². The molecule has 4 rings (SSSR count). The van der Waals surface area contributed by atoms with Crippen molar-refractivity contribution in [3.63, 3.8) is 0 Å². The number of carbonyl (C=O) groups excluding carboxylic acids is 1. The van der Waals surface area contributed by atoms with Crippen molar-refractivity contribution in [2.75, 3.05) is 24.5 Å². The van der Waals surface area contributed by atoms with Crippen molar-refractivity contribution < 1.29 is 4.79 Å². The van der Waals surface area contributed by atoms with Gasteiger partial charge in [-0.3, -0.25) is 9.48 Å². The van der Waals surface area contributed by atoms with E-state index in [4.69, 9.17) is 0 Å². The van der Waals surface area contributed by atoms with Gasteiger partial charge in [0.05, 0.1) is 5.69 Å². The molecular formula is C18H22N4O. The van der Waals surface area contributed by atoms with E-state index < -0.39 is 0 Å². The van der Waals surface area contributed by atoms with Crippen LogP contribution >= 0.6 is 0 Å². The van der Waals surface area contributed by atoms with Crippen LogP contribution in [0.4, 0.5) is 5.69 Å². The Morgan fingerprint density at radius 1 is 1.35 bits per heavy atom. The van der Waals surface area contributed by atoms with Gasteiger partial charge in [0.1, 0.15) is 5.69 Å². The zero-order valence-corrected chi connectivity index (χ0v) is 13.5. The van der Waals surface area contributed by atoms with Gasteiger partial charge in [-0.1, -0.05) is 18.2 Å². The lowest BCUT2D eigenvalue weighted by Crippen LogP contribution is -2.34. The van der Waals surface area contributed by atoms with Gasteiger partial charge in [-0.05, 0) is 37.0 Å². The average Bonchev–Trinajstić information content (AvgIpc) is 3.22. The molecule has 1 saturated carbocycles. The van der Waals surface area contributed by atoms with E-state index in [2.05, 4.69) is 39.6 Å². The molecule has 0 spiro atoms. The molecule has 0 atom stereocenters. The Hall–Kier alpha value is -2.30. The van der Waals surface area contributed by atoms with E-state index in [0.29, 0.717) is 18.2 Å². The second-order valence-corrected chi connectivity index (χ2v) is 6.47. The summed E-state index contributed by atoms with van der Waals surface area (Å²) in [5, 5.41) is 7.48. The standard InChI is InChI=1S/C18H22N4O/c1-21-17(12-15(20-21)13-6-7-13)18(23)19-9-11-22-10-8-14-4-2-3-5-16(14)22/h2-5,12-13H,6-11H2,1H3,(H,19,23). The fourth-order valence-electron chi connectivity index (χ4n) is 3.31. The first-order valence-corrected chi connectivity index (χ1v) is 8.37. The van der Waals surface area contributed by atoms with E-state index >= 15 is 0 Å². The number of aromatic nitrogens is 2. The van der Waals surface area contributed by atoms with Gasteiger partial charge in [0.25, 0.3) is 5.91 Å². The zero-order chi connectivity index (χ0) is 15.8. The van der Waals surface area contributed by atoms with Gasteiger partial charge in [-0.25, -0.2) is 0 Å². The van der Waals surface area contributed by atoms with Crippen molar-refractivity contribution in [1.82, 2.24) is 15.1 Å². The first-order valence-electron chi connectivity index (χ1n) is 8.37. The maximum Gasteiger partial charge on any atom is 0.269 e. The number of nitrogens with zero attached hydrogens (tertiary/aromatic N) is 3. The highest BCUT2D eigenvalue weighted by Gasteiger charge is 2.28. The first kappa shape index (κ1) is 14.3. The Kier molecular flexibility index (Phi) is 3.56. The summed E-state index contributed by atoms with van der Waals surface area (Å²) >= 11 is 0. The third-order valence-electron chi connectivity index (χ3n) is 4.78. The number of nitrogens with one attached hydrogen (secondary N) is 1. The lowest BCUT2D eigenvalue weighted by Gasteiger charge is -2.19. The highest BCUT2D eigenvalue weighted by Crippen LogP contribution is 2.39. The van der Waals surface area contributed by atoms with Crippen molar-refractivity contribution in [2.45, 2.75) is 25.2 Å². The maximum atomic E-state index is 12.4. The largest absolute Gasteiger partial charge is 0.369 e. The normalized spacial score (nSPS) is 16.5. The molecule has 0 saturated heterocycles.